The van der Waals surface area contributed by atoms with Crippen LogP contribution < -0.4 is 0 Å². The summed E-state index contributed by atoms with van der Waals surface area (Å²) in [4.78, 5) is 14.6. The molecule has 98 valence electrons. The highest BCUT2D eigenvalue weighted by molar-refractivity contribution is 8.93. The highest BCUT2D eigenvalue weighted by Crippen LogP contribution is 2.08. The van der Waals surface area contributed by atoms with Gasteiger partial charge in [-0.2, -0.15) is 5.26 Å². The van der Waals surface area contributed by atoms with Crippen molar-refractivity contribution >= 4 is 23.0 Å². The highest BCUT2D eigenvalue weighted by Gasteiger charge is 2.07. The van der Waals surface area contributed by atoms with Gasteiger partial charge in [0.2, 0.25) is 0 Å². The summed E-state index contributed by atoms with van der Waals surface area (Å²) < 4.78 is 1.79. The molecule has 1 aromatic carbocycles. The molecule has 0 saturated carbocycles. The third kappa shape index (κ3) is 3.93. The van der Waals surface area contributed by atoms with Crippen molar-refractivity contribution in [2.45, 2.75) is 13.0 Å². The van der Waals surface area contributed by atoms with Crippen LogP contribution in [0.5, 0.6) is 0 Å². The standard InChI is InChI=1S/C13H11N3O2.BrH/c14-6-10-1-3-11(4-2-10)8-16-9-15-7-12(16)5-13(17)18;/h1-4,7,9H,5,8H2,(H,17,18);1H. The lowest BCUT2D eigenvalue weighted by Crippen LogP contribution is -2.08. The Balaban J connectivity index is 0.00000180. The summed E-state index contributed by atoms with van der Waals surface area (Å²) in [5, 5.41) is 17.5. The minimum Gasteiger partial charge on any atom is -0.481 e. The summed E-state index contributed by atoms with van der Waals surface area (Å²) in [5.41, 5.74) is 2.26. The van der Waals surface area contributed by atoms with Crippen LogP contribution in [-0.2, 0) is 17.8 Å². The number of aliphatic carboxylic acids is 1. The zero-order valence-electron chi connectivity index (χ0n) is 9.98. The van der Waals surface area contributed by atoms with E-state index in [2.05, 4.69) is 11.1 Å². The number of aromatic nitrogens is 2. The van der Waals surface area contributed by atoms with Crippen molar-refractivity contribution in [3.63, 3.8) is 0 Å². The third-order valence-electron chi connectivity index (χ3n) is 2.57. The van der Waals surface area contributed by atoms with Crippen LogP contribution in [0.4, 0.5) is 0 Å². The summed E-state index contributed by atoms with van der Waals surface area (Å²) in [5.74, 6) is -0.878. The predicted molar refractivity (Wildman–Crippen MR) is 74.1 cm³/mol. The molecule has 0 radical (unpaired) electrons. The SMILES string of the molecule is Br.N#Cc1ccc(Cn2cncc2CC(=O)O)cc1. The lowest BCUT2D eigenvalue weighted by molar-refractivity contribution is -0.136. The van der Waals surface area contributed by atoms with E-state index in [0.717, 1.165) is 5.56 Å². The molecule has 1 heterocycles. The fourth-order valence-electron chi connectivity index (χ4n) is 1.67. The van der Waals surface area contributed by atoms with Crippen LogP contribution in [0.15, 0.2) is 36.8 Å². The molecule has 0 bridgehead atoms. The molecule has 0 aliphatic carbocycles. The van der Waals surface area contributed by atoms with Gasteiger partial charge in [0.25, 0.3) is 0 Å². The Morgan fingerprint density at radius 2 is 2.05 bits per heavy atom. The fourth-order valence-corrected chi connectivity index (χ4v) is 1.67. The predicted octanol–water partition coefficient (Wildman–Crippen LogP) is 2.01. The molecule has 0 amide bonds. The molecule has 0 aliphatic heterocycles. The summed E-state index contributed by atoms with van der Waals surface area (Å²) in [7, 11) is 0. The maximum atomic E-state index is 10.7. The molecular weight excluding hydrogens is 310 g/mol. The molecule has 0 saturated heterocycles. The first-order chi connectivity index (χ1) is 8.69. The molecule has 2 aromatic rings. The molecule has 0 atom stereocenters. The number of hydrogen-bond donors (Lipinski definition) is 1. The Morgan fingerprint density at radius 1 is 1.37 bits per heavy atom. The summed E-state index contributed by atoms with van der Waals surface area (Å²) >= 11 is 0. The Bertz CT molecular complexity index is 599. The van der Waals surface area contributed by atoms with E-state index in [1.165, 1.54) is 0 Å². The van der Waals surface area contributed by atoms with E-state index in [-0.39, 0.29) is 23.4 Å². The lowest BCUT2D eigenvalue weighted by Gasteiger charge is -2.06. The van der Waals surface area contributed by atoms with Gasteiger partial charge in [0.15, 0.2) is 0 Å². The number of carboxylic acid groups (broad SMARTS) is 1. The molecule has 0 spiro atoms. The number of carbonyl (C=O) groups is 1. The minimum absolute atomic E-state index is 0. The Hall–Kier alpha value is -2.13. The van der Waals surface area contributed by atoms with Gasteiger partial charge in [0, 0.05) is 18.4 Å². The van der Waals surface area contributed by atoms with Gasteiger partial charge in [0.05, 0.1) is 24.4 Å². The second-order valence-electron chi connectivity index (χ2n) is 3.89. The van der Waals surface area contributed by atoms with Crippen molar-refractivity contribution in [3.8, 4) is 6.07 Å². The monoisotopic (exact) mass is 321 g/mol. The van der Waals surface area contributed by atoms with Gasteiger partial charge in [-0.1, -0.05) is 12.1 Å². The van der Waals surface area contributed by atoms with E-state index in [0.29, 0.717) is 17.8 Å². The van der Waals surface area contributed by atoms with Crippen molar-refractivity contribution in [3.05, 3.63) is 53.6 Å². The average molecular weight is 322 g/mol. The van der Waals surface area contributed by atoms with Crippen molar-refractivity contribution in [2.24, 2.45) is 0 Å². The van der Waals surface area contributed by atoms with Crippen LogP contribution >= 0.6 is 17.0 Å². The number of hydrogen-bond acceptors (Lipinski definition) is 3. The van der Waals surface area contributed by atoms with E-state index in [9.17, 15) is 4.79 Å². The topological polar surface area (TPSA) is 78.9 Å². The second-order valence-corrected chi connectivity index (χ2v) is 3.89. The zero-order chi connectivity index (χ0) is 13.0. The Labute approximate surface area is 120 Å². The highest BCUT2D eigenvalue weighted by atomic mass is 79.9. The number of carboxylic acids is 1. The largest absolute Gasteiger partial charge is 0.481 e. The molecule has 5 nitrogen and oxygen atoms in total. The first-order valence-corrected chi connectivity index (χ1v) is 5.39. The van der Waals surface area contributed by atoms with Crippen LogP contribution in [0.1, 0.15) is 16.8 Å². The van der Waals surface area contributed by atoms with Gasteiger partial charge in [-0.25, -0.2) is 4.98 Å². The average Bonchev–Trinajstić information content (AvgIpc) is 2.77. The van der Waals surface area contributed by atoms with Gasteiger partial charge in [-0.05, 0) is 17.7 Å². The molecule has 0 aliphatic rings. The molecule has 0 unspecified atom stereocenters. The summed E-state index contributed by atoms with van der Waals surface area (Å²) in [6, 6.07) is 9.23. The van der Waals surface area contributed by atoms with Crippen LogP contribution in [0.2, 0.25) is 0 Å². The van der Waals surface area contributed by atoms with E-state index in [1.807, 2.05) is 12.1 Å². The smallest absolute Gasteiger partial charge is 0.309 e. The molecule has 1 N–H and O–H groups in total. The van der Waals surface area contributed by atoms with Crippen LogP contribution in [0.25, 0.3) is 0 Å². The Kier molecular flexibility index (Phi) is 5.27. The number of nitrogens with zero attached hydrogens (tertiary/aromatic N) is 3. The van der Waals surface area contributed by atoms with Crippen molar-refractivity contribution < 1.29 is 9.90 Å². The van der Waals surface area contributed by atoms with Crippen molar-refractivity contribution in [1.29, 1.82) is 5.26 Å². The third-order valence-corrected chi connectivity index (χ3v) is 2.57. The number of rotatable bonds is 4. The van der Waals surface area contributed by atoms with E-state index < -0.39 is 5.97 Å². The summed E-state index contributed by atoms with van der Waals surface area (Å²) in [6.45, 7) is 0.550. The van der Waals surface area contributed by atoms with Crippen LogP contribution in [0, 0.1) is 11.3 Å². The number of benzene rings is 1. The van der Waals surface area contributed by atoms with Gasteiger partial charge in [-0.3, -0.25) is 4.79 Å². The fraction of sp³-hybridized carbons (Fsp3) is 0.154. The molecular formula is C13H12BrN3O2. The van der Waals surface area contributed by atoms with Gasteiger partial charge >= 0.3 is 5.97 Å². The Morgan fingerprint density at radius 3 is 2.63 bits per heavy atom. The molecule has 1 aromatic heterocycles. The van der Waals surface area contributed by atoms with Gasteiger partial charge in [0.1, 0.15) is 0 Å². The maximum Gasteiger partial charge on any atom is 0.309 e. The normalized spacial score (nSPS) is 9.42. The van der Waals surface area contributed by atoms with Crippen molar-refractivity contribution in [2.75, 3.05) is 0 Å². The maximum absolute atomic E-state index is 10.7. The van der Waals surface area contributed by atoms with E-state index in [4.69, 9.17) is 10.4 Å². The van der Waals surface area contributed by atoms with E-state index >= 15 is 0 Å². The molecule has 0 fully saturated rings. The van der Waals surface area contributed by atoms with E-state index in [1.54, 1.807) is 29.2 Å². The second kappa shape index (κ2) is 6.71. The number of nitriles is 1. The minimum atomic E-state index is -0.878. The van der Waals surface area contributed by atoms with Crippen LogP contribution in [-0.4, -0.2) is 20.6 Å². The first kappa shape index (κ1) is 14.9. The van der Waals surface area contributed by atoms with Crippen molar-refractivity contribution in [1.82, 2.24) is 9.55 Å². The lowest BCUT2D eigenvalue weighted by atomic mass is 10.1. The quantitative estimate of drug-likeness (QED) is 0.934. The summed E-state index contributed by atoms with van der Waals surface area (Å²) in [6.07, 6.45) is 3.12. The molecule has 2 rings (SSSR count). The van der Waals surface area contributed by atoms with Gasteiger partial charge in [-0.15, -0.1) is 17.0 Å². The van der Waals surface area contributed by atoms with Crippen LogP contribution in [0.3, 0.4) is 0 Å². The molecule has 6 heteroatoms. The number of imidazole rings is 1. The first-order valence-electron chi connectivity index (χ1n) is 5.39. The number of halogens is 1. The van der Waals surface area contributed by atoms with Gasteiger partial charge < -0.3 is 9.67 Å². The molecule has 19 heavy (non-hydrogen) atoms. The zero-order valence-corrected chi connectivity index (χ0v) is 11.7.